The van der Waals surface area contributed by atoms with Crippen LogP contribution in [0.5, 0.6) is 5.75 Å². The van der Waals surface area contributed by atoms with E-state index in [4.69, 9.17) is 17.0 Å². The van der Waals surface area contributed by atoms with Crippen molar-refractivity contribution in [1.82, 2.24) is 4.90 Å². The lowest BCUT2D eigenvalue weighted by atomic mass is 10.1. The van der Waals surface area contributed by atoms with Gasteiger partial charge in [0.05, 0.1) is 0 Å². The SMILES string of the molecule is CN(C)C(=S)[C@H](O)c1ccc(OCc2ccccc2)cc1. The highest BCUT2D eigenvalue weighted by atomic mass is 32.1. The minimum atomic E-state index is -0.766. The van der Waals surface area contributed by atoms with E-state index < -0.39 is 6.10 Å². The summed E-state index contributed by atoms with van der Waals surface area (Å²) in [5, 5.41) is 10.1. The van der Waals surface area contributed by atoms with Gasteiger partial charge in [0.2, 0.25) is 0 Å². The van der Waals surface area contributed by atoms with Gasteiger partial charge in [-0.2, -0.15) is 0 Å². The van der Waals surface area contributed by atoms with Crippen molar-refractivity contribution < 1.29 is 9.84 Å². The van der Waals surface area contributed by atoms with Crippen LogP contribution in [0.2, 0.25) is 0 Å². The molecule has 0 aliphatic heterocycles. The summed E-state index contributed by atoms with van der Waals surface area (Å²) in [7, 11) is 3.64. The molecule has 2 rings (SSSR count). The van der Waals surface area contributed by atoms with Gasteiger partial charge in [-0.05, 0) is 23.3 Å². The average Bonchev–Trinajstić information content (AvgIpc) is 2.53. The van der Waals surface area contributed by atoms with Gasteiger partial charge < -0.3 is 14.7 Å². The van der Waals surface area contributed by atoms with E-state index in [0.29, 0.717) is 11.6 Å². The Labute approximate surface area is 130 Å². The van der Waals surface area contributed by atoms with Gasteiger partial charge >= 0.3 is 0 Å². The average molecular weight is 301 g/mol. The summed E-state index contributed by atoms with van der Waals surface area (Å²) in [6.45, 7) is 0.527. The van der Waals surface area contributed by atoms with Crippen molar-refractivity contribution in [2.75, 3.05) is 14.1 Å². The summed E-state index contributed by atoms with van der Waals surface area (Å²) >= 11 is 5.18. The molecule has 4 heteroatoms. The quantitative estimate of drug-likeness (QED) is 0.860. The van der Waals surface area contributed by atoms with Gasteiger partial charge in [-0.1, -0.05) is 54.7 Å². The Kier molecular flexibility index (Phi) is 5.31. The third-order valence-electron chi connectivity index (χ3n) is 3.12. The van der Waals surface area contributed by atoms with Crippen molar-refractivity contribution in [3.8, 4) is 5.75 Å². The van der Waals surface area contributed by atoms with Crippen LogP contribution < -0.4 is 4.74 Å². The Morgan fingerprint density at radius 1 is 1.10 bits per heavy atom. The van der Waals surface area contributed by atoms with Gasteiger partial charge in [0.25, 0.3) is 0 Å². The standard InChI is InChI=1S/C17H19NO2S/c1-18(2)17(21)16(19)14-8-10-15(11-9-14)20-12-13-6-4-3-5-7-13/h3-11,16,19H,12H2,1-2H3/t16-/m1/s1. The number of rotatable bonds is 5. The predicted octanol–water partition coefficient (Wildman–Crippen LogP) is 3.19. The minimum Gasteiger partial charge on any atom is -0.489 e. The first-order valence-corrected chi connectivity index (χ1v) is 7.14. The van der Waals surface area contributed by atoms with Crippen LogP contribution in [0.1, 0.15) is 17.2 Å². The van der Waals surface area contributed by atoms with E-state index in [9.17, 15) is 5.11 Å². The Hall–Kier alpha value is -1.91. The largest absolute Gasteiger partial charge is 0.489 e. The molecule has 110 valence electrons. The van der Waals surface area contributed by atoms with E-state index >= 15 is 0 Å². The molecular formula is C17H19NO2S. The summed E-state index contributed by atoms with van der Waals surface area (Å²) in [5.74, 6) is 0.769. The second-order valence-corrected chi connectivity index (χ2v) is 5.40. The lowest BCUT2D eigenvalue weighted by Gasteiger charge is -2.19. The fourth-order valence-electron chi connectivity index (χ4n) is 1.87. The first-order valence-electron chi connectivity index (χ1n) is 6.74. The minimum absolute atomic E-state index is 0.493. The zero-order valence-electron chi connectivity index (χ0n) is 12.2. The number of aliphatic hydroxyl groups is 1. The van der Waals surface area contributed by atoms with E-state index in [2.05, 4.69) is 0 Å². The van der Waals surface area contributed by atoms with E-state index in [-0.39, 0.29) is 0 Å². The first kappa shape index (κ1) is 15.5. The molecule has 2 aromatic carbocycles. The summed E-state index contributed by atoms with van der Waals surface area (Å²) < 4.78 is 5.71. The van der Waals surface area contributed by atoms with E-state index in [0.717, 1.165) is 16.9 Å². The van der Waals surface area contributed by atoms with Crippen molar-refractivity contribution in [2.24, 2.45) is 0 Å². The zero-order valence-corrected chi connectivity index (χ0v) is 13.0. The number of hydrogen-bond donors (Lipinski definition) is 1. The Morgan fingerprint density at radius 3 is 2.29 bits per heavy atom. The summed E-state index contributed by atoms with van der Waals surface area (Å²) in [4.78, 5) is 2.23. The molecule has 21 heavy (non-hydrogen) atoms. The molecule has 0 radical (unpaired) electrons. The number of nitrogens with zero attached hydrogens (tertiary/aromatic N) is 1. The molecular weight excluding hydrogens is 282 g/mol. The van der Waals surface area contributed by atoms with E-state index in [1.54, 1.807) is 4.90 Å². The van der Waals surface area contributed by atoms with Crippen LogP contribution in [-0.4, -0.2) is 29.1 Å². The van der Waals surface area contributed by atoms with Crippen LogP contribution in [0.3, 0.4) is 0 Å². The van der Waals surface area contributed by atoms with E-state index in [1.165, 1.54) is 0 Å². The molecule has 0 fully saturated rings. The van der Waals surface area contributed by atoms with Gasteiger partial charge in [-0.25, -0.2) is 0 Å². The fourth-order valence-corrected chi connectivity index (χ4v) is 2.01. The Morgan fingerprint density at radius 2 is 1.71 bits per heavy atom. The summed E-state index contributed by atoms with van der Waals surface area (Å²) in [5.41, 5.74) is 1.89. The molecule has 0 amide bonds. The van der Waals surface area contributed by atoms with Crippen molar-refractivity contribution in [2.45, 2.75) is 12.7 Å². The second kappa shape index (κ2) is 7.20. The van der Waals surface area contributed by atoms with Gasteiger partial charge in [0.1, 0.15) is 23.4 Å². The van der Waals surface area contributed by atoms with Crippen LogP contribution >= 0.6 is 12.2 Å². The smallest absolute Gasteiger partial charge is 0.129 e. The highest BCUT2D eigenvalue weighted by molar-refractivity contribution is 7.80. The number of thiocarbonyl (C=S) groups is 1. The van der Waals surface area contributed by atoms with Crippen molar-refractivity contribution in [3.63, 3.8) is 0 Å². The number of ether oxygens (including phenoxy) is 1. The molecule has 0 spiro atoms. The molecule has 1 N–H and O–H groups in total. The first-order chi connectivity index (χ1) is 10.1. The molecule has 0 saturated heterocycles. The molecule has 0 aliphatic rings. The normalized spacial score (nSPS) is 11.8. The number of likely N-dealkylation sites (N-methyl/N-ethyl adjacent to an activating group) is 1. The lowest BCUT2D eigenvalue weighted by Crippen LogP contribution is -2.26. The van der Waals surface area contributed by atoms with Crippen LogP contribution in [0.15, 0.2) is 54.6 Å². The molecule has 1 atom stereocenters. The van der Waals surface area contributed by atoms with Crippen LogP contribution in [0.4, 0.5) is 0 Å². The van der Waals surface area contributed by atoms with Crippen LogP contribution in [0, 0.1) is 0 Å². The number of aliphatic hydroxyl groups excluding tert-OH is 1. The lowest BCUT2D eigenvalue weighted by molar-refractivity contribution is 0.236. The van der Waals surface area contributed by atoms with Crippen molar-refractivity contribution in [3.05, 3.63) is 65.7 Å². The fraction of sp³-hybridized carbons (Fsp3) is 0.235. The maximum Gasteiger partial charge on any atom is 0.129 e. The molecule has 0 heterocycles. The maximum atomic E-state index is 10.1. The van der Waals surface area contributed by atoms with Crippen molar-refractivity contribution in [1.29, 1.82) is 0 Å². The molecule has 0 aliphatic carbocycles. The highest BCUT2D eigenvalue weighted by Gasteiger charge is 2.14. The van der Waals surface area contributed by atoms with Gasteiger partial charge in [-0.3, -0.25) is 0 Å². The molecule has 0 unspecified atom stereocenters. The van der Waals surface area contributed by atoms with Gasteiger partial charge in [-0.15, -0.1) is 0 Å². The number of benzene rings is 2. The highest BCUT2D eigenvalue weighted by Crippen LogP contribution is 2.20. The van der Waals surface area contributed by atoms with Gasteiger partial charge in [0.15, 0.2) is 0 Å². The maximum absolute atomic E-state index is 10.1. The molecule has 0 aromatic heterocycles. The van der Waals surface area contributed by atoms with Crippen molar-refractivity contribution >= 4 is 17.2 Å². The molecule has 3 nitrogen and oxygen atoms in total. The third-order valence-corrected chi connectivity index (χ3v) is 3.71. The van der Waals surface area contributed by atoms with Gasteiger partial charge in [0, 0.05) is 14.1 Å². The molecule has 0 bridgehead atoms. The summed E-state index contributed by atoms with van der Waals surface area (Å²) in [6, 6.07) is 17.4. The Balaban J connectivity index is 1.97. The molecule has 2 aromatic rings. The zero-order chi connectivity index (χ0) is 15.2. The predicted molar refractivity (Wildman–Crippen MR) is 88.5 cm³/mol. The number of hydrogen-bond acceptors (Lipinski definition) is 3. The van der Waals surface area contributed by atoms with Crippen LogP contribution in [0.25, 0.3) is 0 Å². The summed E-state index contributed by atoms with van der Waals surface area (Å²) in [6.07, 6.45) is -0.766. The molecule has 0 saturated carbocycles. The topological polar surface area (TPSA) is 32.7 Å². The monoisotopic (exact) mass is 301 g/mol. The Bertz CT molecular complexity index is 581. The third kappa shape index (κ3) is 4.28. The second-order valence-electron chi connectivity index (χ2n) is 4.98. The van der Waals surface area contributed by atoms with Crippen LogP contribution in [-0.2, 0) is 6.61 Å². The van der Waals surface area contributed by atoms with E-state index in [1.807, 2.05) is 68.7 Å².